The van der Waals surface area contributed by atoms with E-state index in [0.717, 1.165) is 0 Å². The van der Waals surface area contributed by atoms with Crippen LogP contribution in [0.5, 0.6) is 0 Å². The molecule has 0 amide bonds. The highest BCUT2D eigenvalue weighted by molar-refractivity contribution is 7.91. The molecule has 1 heterocycles. The highest BCUT2D eigenvalue weighted by atomic mass is 32.2. The Morgan fingerprint density at radius 1 is 1.44 bits per heavy atom. The van der Waals surface area contributed by atoms with E-state index in [2.05, 4.69) is 4.98 Å². The molecule has 1 aromatic carbocycles. The summed E-state index contributed by atoms with van der Waals surface area (Å²) in [6, 6.07) is 4.64. The van der Waals surface area contributed by atoms with Crippen LogP contribution in [0.2, 0.25) is 0 Å². The lowest BCUT2D eigenvalue weighted by Gasteiger charge is -2.01. The van der Waals surface area contributed by atoms with Gasteiger partial charge in [0.25, 0.3) is 0 Å². The number of hydrogen-bond donors (Lipinski definition) is 1. The van der Waals surface area contributed by atoms with Crippen LogP contribution in [0, 0.1) is 6.92 Å². The van der Waals surface area contributed by atoms with Gasteiger partial charge in [0.2, 0.25) is 0 Å². The monoisotopic (exact) mass is 240 g/mol. The molecule has 2 rings (SSSR count). The molecule has 1 aromatic heterocycles. The van der Waals surface area contributed by atoms with Gasteiger partial charge >= 0.3 is 0 Å². The number of oxazole rings is 1. The molecule has 2 aromatic rings. The van der Waals surface area contributed by atoms with E-state index >= 15 is 0 Å². The number of fused-ring (bicyclic) bond motifs is 1. The van der Waals surface area contributed by atoms with Crippen molar-refractivity contribution < 1.29 is 12.8 Å². The van der Waals surface area contributed by atoms with Crippen molar-refractivity contribution in [1.29, 1.82) is 0 Å². The first-order valence-corrected chi connectivity index (χ1v) is 6.48. The highest BCUT2D eigenvalue weighted by Crippen LogP contribution is 2.20. The maximum atomic E-state index is 11.7. The third-order valence-corrected chi connectivity index (χ3v) is 3.96. The fourth-order valence-electron chi connectivity index (χ4n) is 1.49. The molecule has 86 valence electrons. The second kappa shape index (κ2) is 3.88. The number of sulfone groups is 1. The zero-order valence-electron chi connectivity index (χ0n) is 8.80. The standard InChI is InChI=1S/C10H12N2O3S/c1-7-12-9-3-2-8(6-10(9)15-7)16(13,14)5-4-11/h2-3,6H,4-5,11H2,1H3. The van der Waals surface area contributed by atoms with Crippen LogP contribution < -0.4 is 5.73 Å². The number of rotatable bonds is 3. The molecule has 0 aliphatic carbocycles. The molecule has 0 bridgehead atoms. The zero-order chi connectivity index (χ0) is 11.8. The van der Waals surface area contributed by atoms with Gasteiger partial charge in [0.1, 0.15) is 5.52 Å². The Morgan fingerprint density at radius 2 is 2.19 bits per heavy atom. The Balaban J connectivity index is 2.54. The quantitative estimate of drug-likeness (QED) is 0.860. The molecule has 2 N–H and O–H groups in total. The average Bonchev–Trinajstić information content (AvgIpc) is 2.56. The third-order valence-electron chi connectivity index (χ3n) is 2.21. The van der Waals surface area contributed by atoms with Crippen LogP contribution in [-0.2, 0) is 9.84 Å². The molecule has 0 aliphatic rings. The Morgan fingerprint density at radius 3 is 2.88 bits per heavy atom. The van der Waals surface area contributed by atoms with Crippen LogP contribution in [-0.4, -0.2) is 25.7 Å². The van der Waals surface area contributed by atoms with E-state index in [1.807, 2.05) is 0 Å². The summed E-state index contributed by atoms with van der Waals surface area (Å²) in [5.74, 6) is 0.453. The first kappa shape index (κ1) is 11.1. The van der Waals surface area contributed by atoms with Gasteiger partial charge in [0.05, 0.1) is 10.6 Å². The summed E-state index contributed by atoms with van der Waals surface area (Å²) in [6.45, 7) is 1.82. The van der Waals surface area contributed by atoms with Gasteiger partial charge in [-0.2, -0.15) is 0 Å². The number of aryl methyl sites for hydroxylation is 1. The van der Waals surface area contributed by atoms with Gasteiger partial charge in [-0.3, -0.25) is 0 Å². The van der Waals surface area contributed by atoms with Gasteiger partial charge in [0, 0.05) is 19.5 Å². The topological polar surface area (TPSA) is 86.2 Å². The molecule has 0 spiro atoms. The first-order chi connectivity index (χ1) is 7.53. The Labute approximate surface area is 93.2 Å². The molecule has 16 heavy (non-hydrogen) atoms. The summed E-state index contributed by atoms with van der Waals surface area (Å²) in [7, 11) is -3.31. The lowest BCUT2D eigenvalue weighted by Crippen LogP contribution is -2.15. The average molecular weight is 240 g/mol. The summed E-state index contributed by atoms with van der Waals surface area (Å²) >= 11 is 0. The maximum absolute atomic E-state index is 11.7. The van der Waals surface area contributed by atoms with Crippen molar-refractivity contribution in [2.24, 2.45) is 5.73 Å². The Kier molecular flexibility index (Phi) is 2.69. The van der Waals surface area contributed by atoms with Crippen molar-refractivity contribution >= 4 is 20.9 Å². The molecular weight excluding hydrogens is 228 g/mol. The minimum absolute atomic E-state index is 0.0639. The number of aromatic nitrogens is 1. The predicted molar refractivity (Wildman–Crippen MR) is 59.9 cm³/mol. The van der Waals surface area contributed by atoms with Crippen LogP contribution in [0.15, 0.2) is 27.5 Å². The van der Waals surface area contributed by atoms with Crippen molar-refractivity contribution in [3.63, 3.8) is 0 Å². The van der Waals surface area contributed by atoms with Crippen molar-refractivity contribution in [1.82, 2.24) is 4.98 Å². The lowest BCUT2D eigenvalue weighted by atomic mass is 10.3. The van der Waals surface area contributed by atoms with E-state index in [1.54, 1.807) is 13.0 Å². The second-order valence-electron chi connectivity index (χ2n) is 3.47. The van der Waals surface area contributed by atoms with E-state index in [9.17, 15) is 8.42 Å². The van der Waals surface area contributed by atoms with Crippen LogP contribution in [0.4, 0.5) is 0 Å². The van der Waals surface area contributed by atoms with E-state index in [0.29, 0.717) is 17.0 Å². The van der Waals surface area contributed by atoms with E-state index in [4.69, 9.17) is 10.2 Å². The minimum Gasteiger partial charge on any atom is -0.441 e. The molecule has 0 atom stereocenters. The van der Waals surface area contributed by atoms with Crippen molar-refractivity contribution in [2.45, 2.75) is 11.8 Å². The van der Waals surface area contributed by atoms with Crippen LogP contribution in [0.3, 0.4) is 0 Å². The van der Waals surface area contributed by atoms with E-state index in [-0.39, 0.29) is 17.2 Å². The molecule has 0 saturated heterocycles. The van der Waals surface area contributed by atoms with E-state index < -0.39 is 9.84 Å². The summed E-state index contributed by atoms with van der Waals surface area (Å²) in [6.07, 6.45) is 0. The molecule has 5 nitrogen and oxygen atoms in total. The van der Waals surface area contributed by atoms with Gasteiger partial charge in [-0.15, -0.1) is 0 Å². The number of benzene rings is 1. The smallest absolute Gasteiger partial charge is 0.192 e. The largest absolute Gasteiger partial charge is 0.441 e. The lowest BCUT2D eigenvalue weighted by molar-refractivity contribution is 0.559. The molecule has 0 saturated carbocycles. The third kappa shape index (κ3) is 1.94. The first-order valence-electron chi connectivity index (χ1n) is 4.83. The van der Waals surface area contributed by atoms with Gasteiger partial charge < -0.3 is 10.2 Å². The minimum atomic E-state index is -3.31. The summed E-state index contributed by atoms with van der Waals surface area (Å²) in [5.41, 5.74) is 6.39. The van der Waals surface area contributed by atoms with Gasteiger partial charge in [-0.05, 0) is 12.1 Å². The SMILES string of the molecule is Cc1nc2ccc(S(=O)(=O)CCN)cc2o1. The molecule has 0 radical (unpaired) electrons. The van der Waals surface area contributed by atoms with Gasteiger partial charge in [-0.1, -0.05) is 0 Å². The second-order valence-corrected chi connectivity index (χ2v) is 5.58. The molecule has 0 unspecified atom stereocenters. The number of nitrogens with zero attached hydrogens (tertiary/aromatic N) is 1. The molecule has 6 heteroatoms. The van der Waals surface area contributed by atoms with Crippen LogP contribution in [0.1, 0.15) is 5.89 Å². The molecule has 0 fully saturated rings. The fourth-order valence-corrected chi connectivity index (χ4v) is 2.59. The summed E-state index contributed by atoms with van der Waals surface area (Å²) in [4.78, 5) is 4.32. The number of nitrogens with two attached hydrogens (primary N) is 1. The molecular formula is C10H12N2O3S. The predicted octanol–water partition coefficient (Wildman–Crippen LogP) is 0.869. The summed E-state index contributed by atoms with van der Waals surface area (Å²) in [5, 5.41) is 0. The maximum Gasteiger partial charge on any atom is 0.192 e. The van der Waals surface area contributed by atoms with E-state index in [1.165, 1.54) is 12.1 Å². The summed E-state index contributed by atoms with van der Waals surface area (Å²) < 4.78 is 28.8. The van der Waals surface area contributed by atoms with Crippen molar-refractivity contribution in [2.75, 3.05) is 12.3 Å². The van der Waals surface area contributed by atoms with Gasteiger partial charge in [0.15, 0.2) is 21.3 Å². The van der Waals surface area contributed by atoms with Crippen LogP contribution >= 0.6 is 0 Å². The molecule has 0 aliphatic heterocycles. The normalized spacial score (nSPS) is 12.1. The Hall–Kier alpha value is -1.40. The van der Waals surface area contributed by atoms with Crippen LogP contribution in [0.25, 0.3) is 11.1 Å². The fraction of sp³-hybridized carbons (Fsp3) is 0.300. The number of hydrogen-bond acceptors (Lipinski definition) is 5. The van der Waals surface area contributed by atoms with Crippen molar-refractivity contribution in [3.8, 4) is 0 Å². The van der Waals surface area contributed by atoms with Gasteiger partial charge in [-0.25, -0.2) is 13.4 Å². The highest BCUT2D eigenvalue weighted by Gasteiger charge is 2.15. The Bertz CT molecular complexity index is 616. The van der Waals surface area contributed by atoms with Crippen molar-refractivity contribution in [3.05, 3.63) is 24.1 Å². The zero-order valence-corrected chi connectivity index (χ0v) is 9.62.